The SMILES string of the molecule is CC(C)OCC(=O)C1(N)CCOC1. The fraction of sp³-hybridized carbons (Fsp3) is 0.889. The first-order valence-electron chi connectivity index (χ1n) is 4.56. The Morgan fingerprint density at radius 1 is 1.69 bits per heavy atom. The molecule has 1 rings (SSSR count). The number of carbonyl (C=O) groups excluding carboxylic acids is 1. The van der Waals surface area contributed by atoms with Crippen LogP contribution in [0.5, 0.6) is 0 Å². The number of rotatable bonds is 4. The van der Waals surface area contributed by atoms with Gasteiger partial charge in [-0.2, -0.15) is 0 Å². The van der Waals surface area contributed by atoms with Gasteiger partial charge in [0.2, 0.25) is 0 Å². The van der Waals surface area contributed by atoms with E-state index in [4.69, 9.17) is 15.2 Å². The highest BCUT2D eigenvalue weighted by atomic mass is 16.5. The molecule has 1 aliphatic rings. The first-order valence-corrected chi connectivity index (χ1v) is 4.56. The molecule has 1 heterocycles. The minimum Gasteiger partial charge on any atom is -0.379 e. The lowest BCUT2D eigenvalue weighted by Gasteiger charge is -2.20. The molecule has 1 aliphatic heterocycles. The van der Waals surface area contributed by atoms with E-state index in [1.54, 1.807) is 0 Å². The van der Waals surface area contributed by atoms with Gasteiger partial charge in [0.25, 0.3) is 0 Å². The highest BCUT2D eigenvalue weighted by Crippen LogP contribution is 2.16. The Morgan fingerprint density at radius 3 is 2.85 bits per heavy atom. The molecule has 1 unspecified atom stereocenters. The maximum atomic E-state index is 11.5. The van der Waals surface area contributed by atoms with Crippen LogP contribution in [0.3, 0.4) is 0 Å². The molecule has 0 bridgehead atoms. The second-order valence-corrected chi connectivity index (χ2v) is 3.74. The maximum absolute atomic E-state index is 11.5. The number of ketones is 1. The van der Waals surface area contributed by atoms with E-state index < -0.39 is 5.54 Å². The fourth-order valence-electron chi connectivity index (χ4n) is 1.19. The van der Waals surface area contributed by atoms with Crippen molar-refractivity contribution in [1.29, 1.82) is 0 Å². The molecule has 1 fully saturated rings. The molecule has 0 spiro atoms. The van der Waals surface area contributed by atoms with Crippen molar-refractivity contribution in [2.45, 2.75) is 31.9 Å². The van der Waals surface area contributed by atoms with Crippen molar-refractivity contribution >= 4 is 5.78 Å². The molecule has 13 heavy (non-hydrogen) atoms. The molecule has 1 atom stereocenters. The van der Waals surface area contributed by atoms with E-state index in [9.17, 15) is 4.79 Å². The quantitative estimate of drug-likeness (QED) is 0.678. The molecule has 76 valence electrons. The average molecular weight is 187 g/mol. The Kier molecular flexibility index (Phi) is 3.41. The van der Waals surface area contributed by atoms with E-state index in [1.165, 1.54) is 0 Å². The molecule has 0 amide bonds. The molecule has 0 aromatic rings. The van der Waals surface area contributed by atoms with Crippen molar-refractivity contribution < 1.29 is 14.3 Å². The predicted octanol–water partition coefficient (Wildman–Crippen LogP) is 0.0983. The summed E-state index contributed by atoms with van der Waals surface area (Å²) in [4.78, 5) is 11.5. The summed E-state index contributed by atoms with van der Waals surface area (Å²) >= 11 is 0. The summed E-state index contributed by atoms with van der Waals surface area (Å²) in [6.07, 6.45) is 0.669. The smallest absolute Gasteiger partial charge is 0.180 e. The zero-order valence-corrected chi connectivity index (χ0v) is 8.21. The van der Waals surface area contributed by atoms with Crippen molar-refractivity contribution in [3.63, 3.8) is 0 Å². The largest absolute Gasteiger partial charge is 0.379 e. The molecular formula is C9H17NO3. The molecule has 0 saturated carbocycles. The number of hydrogen-bond acceptors (Lipinski definition) is 4. The van der Waals surface area contributed by atoms with Crippen molar-refractivity contribution in [3.8, 4) is 0 Å². The number of nitrogens with two attached hydrogens (primary N) is 1. The molecule has 1 saturated heterocycles. The maximum Gasteiger partial charge on any atom is 0.180 e. The molecular weight excluding hydrogens is 170 g/mol. The van der Waals surface area contributed by atoms with Gasteiger partial charge in [-0.3, -0.25) is 4.79 Å². The first-order chi connectivity index (χ1) is 6.04. The predicted molar refractivity (Wildman–Crippen MR) is 48.4 cm³/mol. The minimum absolute atomic E-state index is 0.0568. The third-order valence-electron chi connectivity index (χ3n) is 2.16. The van der Waals surface area contributed by atoms with E-state index in [0.717, 1.165) is 0 Å². The van der Waals surface area contributed by atoms with Crippen LogP contribution in [-0.2, 0) is 14.3 Å². The van der Waals surface area contributed by atoms with E-state index in [2.05, 4.69) is 0 Å². The molecule has 4 heteroatoms. The van der Waals surface area contributed by atoms with Gasteiger partial charge in [0.15, 0.2) is 5.78 Å². The minimum atomic E-state index is -0.797. The number of ether oxygens (including phenoxy) is 2. The summed E-state index contributed by atoms with van der Waals surface area (Å²) in [7, 11) is 0. The number of hydrogen-bond donors (Lipinski definition) is 1. The van der Waals surface area contributed by atoms with Gasteiger partial charge in [0.05, 0.1) is 12.7 Å². The zero-order valence-electron chi connectivity index (χ0n) is 8.21. The molecule has 0 aromatic carbocycles. The van der Waals surface area contributed by atoms with Crippen LogP contribution in [0.25, 0.3) is 0 Å². The van der Waals surface area contributed by atoms with Crippen molar-refractivity contribution in [2.75, 3.05) is 19.8 Å². The number of Topliss-reactive ketones (excluding diaryl/α,β-unsaturated/α-hetero) is 1. The van der Waals surface area contributed by atoms with Gasteiger partial charge in [-0.25, -0.2) is 0 Å². The summed E-state index contributed by atoms with van der Waals surface area (Å²) in [6, 6.07) is 0. The van der Waals surface area contributed by atoms with E-state index in [-0.39, 0.29) is 18.5 Å². The van der Waals surface area contributed by atoms with Crippen LogP contribution in [0.15, 0.2) is 0 Å². The van der Waals surface area contributed by atoms with Gasteiger partial charge >= 0.3 is 0 Å². The highest BCUT2D eigenvalue weighted by molar-refractivity contribution is 5.89. The monoisotopic (exact) mass is 187 g/mol. The molecule has 2 N–H and O–H groups in total. The Morgan fingerprint density at radius 2 is 2.38 bits per heavy atom. The Hall–Kier alpha value is -0.450. The summed E-state index contributed by atoms with van der Waals surface area (Å²) in [5.74, 6) is -0.0568. The lowest BCUT2D eigenvalue weighted by molar-refractivity contribution is -0.130. The highest BCUT2D eigenvalue weighted by Gasteiger charge is 2.37. The van der Waals surface area contributed by atoms with Gasteiger partial charge in [-0.15, -0.1) is 0 Å². The zero-order chi connectivity index (χ0) is 9.90. The molecule has 0 aromatic heterocycles. The van der Waals surface area contributed by atoms with Crippen LogP contribution in [0.1, 0.15) is 20.3 Å². The Balaban J connectivity index is 2.38. The normalized spacial score (nSPS) is 28.3. The Labute approximate surface area is 78.4 Å². The van der Waals surface area contributed by atoms with Crippen LogP contribution in [-0.4, -0.2) is 37.2 Å². The van der Waals surface area contributed by atoms with E-state index >= 15 is 0 Å². The summed E-state index contributed by atoms with van der Waals surface area (Å²) in [5, 5.41) is 0. The van der Waals surface area contributed by atoms with Crippen molar-refractivity contribution in [1.82, 2.24) is 0 Å². The standard InChI is InChI=1S/C9H17NO3/c1-7(2)13-5-8(11)9(10)3-4-12-6-9/h7H,3-6,10H2,1-2H3. The lowest BCUT2D eigenvalue weighted by atomic mass is 9.95. The topological polar surface area (TPSA) is 61.5 Å². The molecule has 4 nitrogen and oxygen atoms in total. The Bertz CT molecular complexity index is 185. The van der Waals surface area contributed by atoms with Crippen molar-refractivity contribution in [2.24, 2.45) is 5.73 Å². The van der Waals surface area contributed by atoms with Gasteiger partial charge in [-0.05, 0) is 20.3 Å². The van der Waals surface area contributed by atoms with Crippen LogP contribution < -0.4 is 5.73 Å². The third-order valence-corrected chi connectivity index (χ3v) is 2.16. The fourth-order valence-corrected chi connectivity index (χ4v) is 1.19. The second kappa shape index (κ2) is 4.17. The van der Waals surface area contributed by atoms with Gasteiger partial charge in [-0.1, -0.05) is 0 Å². The van der Waals surface area contributed by atoms with E-state index in [0.29, 0.717) is 19.6 Å². The average Bonchev–Trinajstić information content (AvgIpc) is 2.49. The van der Waals surface area contributed by atoms with Crippen molar-refractivity contribution in [3.05, 3.63) is 0 Å². The van der Waals surface area contributed by atoms with Gasteiger partial charge in [0.1, 0.15) is 12.1 Å². The van der Waals surface area contributed by atoms with Gasteiger partial charge in [0, 0.05) is 6.61 Å². The number of carbonyl (C=O) groups is 1. The van der Waals surface area contributed by atoms with Crippen LogP contribution in [0.4, 0.5) is 0 Å². The second-order valence-electron chi connectivity index (χ2n) is 3.74. The molecule has 0 aliphatic carbocycles. The van der Waals surface area contributed by atoms with Crippen LogP contribution in [0.2, 0.25) is 0 Å². The lowest BCUT2D eigenvalue weighted by Crippen LogP contribution is -2.50. The summed E-state index contributed by atoms with van der Waals surface area (Å²) < 4.78 is 10.3. The summed E-state index contributed by atoms with van der Waals surface area (Å²) in [5.41, 5.74) is 5.04. The van der Waals surface area contributed by atoms with E-state index in [1.807, 2.05) is 13.8 Å². The van der Waals surface area contributed by atoms with Crippen LogP contribution in [0, 0.1) is 0 Å². The molecule has 0 radical (unpaired) electrons. The van der Waals surface area contributed by atoms with Crippen LogP contribution >= 0.6 is 0 Å². The summed E-state index contributed by atoms with van der Waals surface area (Å²) in [6.45, 7) is 4.78. The van der Waals surface area contributed by atoms with Gasteiger partial charge < -0.3 is 15.2 Å². The first kappa shape index (κ1) is 10.6. The third kappa shape index (κ3) is 2.76.